The molecule has 2 nitrogen and oxygen atoms in total. The van der Waals surface area contributed by atoms with Gasteiger partial charge in [0.05, 0.1) is 0 Å². The van der Waals surface area contributed by atoms with Gasteiger partial charge < -0.3 is 10.1 Å². The summed E-state index contributed by atoms with van der Waals surface area (Å²) >= 11 is 0. The summed E-state index contributed by atoms with van der Waals surface area (Å²) in [5.41, 5.74) is 2.70. The number of fused-ring (bicyclic) bond motifs is 1. The number of benzene rings is 1. The Morgan fingerprint density at radius 1 is 1.29 bits per heavy atom. The first-order chi connectivity index (χ1) is 8.31. The summed E-state index contributed by atoms with van der Waals surface area (Å²) in [6, 6.07) is 6.49. The van der Waals surface area contributed by atoms with E-state index in [1.165, 1.54) is 36.9 Å². The highest BCUT2D eigenvalue weighted by atomic mass is 16.5. The maximum absolute atomic E-state index is 5.93. The molecule has 2 heteroatoms. The Morgan fingerprint density at radius 2 is 2.18 bits per heavy atom. The fourth-order valence-corrected chi connectivity index (χ4v) is 2.71. The van der Waals surface area contributed by atoms with Crippen LogP contribution in [0.1, 0.15) is 30.4 Å². The summed E-state index contributed by atoms with van der Waals surface area (Å²) < 4.78 is 5.93. The molecule has 1 aliphatic heterocycles. The number of rotatable bonds is 4. The van der Waals surface area contributed by atoms with Gasteiger partial charge in [-0.15, -0.1) is 0 Å². The molecule has 0 saturated heterocycles. The first-order valence-electron chi connectivity index (χ1n) is 6.78. The molecule has 1 aromatic rings. The average molecular weight is 231 g/mol. The van der Waals surface area contributed by atoms with E-state index in [0.29, 0.717) is 6.10 Å². The van der Waals surface area contributed by atoms with Crippen molar-refractivity contribution in [2.24, 2.45) is 5.92 Å². The second kappa shape index (κ2) is 4.69. The lowest BCUT2D eigenvalue weighted by Crippen LogP contribution is -2.35. The van der Waals surface area contributed by atoms with Crippen LogP contribution in [0.4, 0.5) is 0 Å². The second-order valence-corrected chi connectivity index (χ2v) is 5.51. The van der Waals surface area contributed by atoms with Gasteiger partial charge >= 0.3 is 0 Å². The molecule has 1 aromatic carbocycles. The number of hydrogen-bond acceptors (Lipinski definition) is 2. The Hall–Kier alpha value is -1.02. The van der Waals surface area contributed by atoms with E-state index in [9.17, 15) is 0 Å². The van der Waals surface area contributed by atoms with Gasteiger partial charge in [0.25, 0.3) is 0 Å². The quantitative estimate of drug-likeness (QED) is 0.860. The highest BCUT2D eigenvalue weighted by molar-refractivity contribution is 5.40. The lowest BCUT2D eigenvalue weighted by Gasteiger charge is -2.26. The van der Waals surface area contributed by atoms with Crippen molar-refractivity contribution in [1.29, 1.82) is 0 Å². The maximum atomic E-state index is 5.93. The molecule has 1 N–H and O–H groups in total. The molecule has 92 valence electrons. The highest BCUT2D eigenvalue weighted by Crippen LogP contribution is 2.29. The lowest BCUT2D eigenvalue weighted by atomic mass is 9.85. The van der Waals surface area contributed by atoms with Crippen LogP contribution in [0.3, 0.4) is 0 Å². The topological polar surface area (TPSA) is 21.3 Å². The van der Waals surface area contributed by atoms with Gasteiger partial charge in [-0.2, -0.15) is 0 Å². The molecule has 0 spiro atoms. The van der Waals surface area contributed by atoms with Gasteiger partial charge in [0, 0.05) is 13.0 Å². The van der Waals surface area contributed by atoms with E-state index in [0.717, 1.165) is 24.6 Å². The molecule has 0 radical (unpaired) electrons. The van der Waals surface area contributed by atoms with Crippen molar-refractivity contribution in [3.8, 4) is 5.75 Å². The summed E-state index contributed by atoms with van der Waals surface area (Å²) in [6.07, 6.45) is 5.66. The maximum Gasteiger partial charge on any atom is 0.123 e. The van der Waals surface area contributed by atoms with Gasteiger partial charge in [-0.25, -0.2) is 0 Å². The molecular weight excluding hydrogens is 210 g/mol. The van der Waals surface area contributed by atoms with Crippen LogP contribution < -0.4 is 10.1 Å². The normalized spacial score (nSPS) is 23.0. The van der Waals surface area contributed by atoms with Crippen molar-refractivity contribution in [2.45, 2.75) is 38.7 Å². The van der Waals surface area contributed by atoms with Crippen LogP contribution in [-0.4, -0.2) is 19.2 Å². The molecule has 1 aliphatic carbocycles. The van der Waals surface area contributed by atoms with Crippen molar-refractivity contribution in [1.82, 2.24) is 5.32 Å². The third-order valence-corrected chi connectivity index (χ3v) is 3.99. The fraction of sp³-hybridized carbons (Fsp3) is 0.600. The molecule has 1 saturated carbocycles. The number of hydrogen-bond donors (Lipinski definition) is 1. The number of aryl methyl sites for hydroxylation is 1. The van der Waals surface area contributed by atoms with E-state index in [-0.39, 0.29) is 0 Å². The molecule has 1 atom stereocenters. The fourth-order valence-electron chi connectivity index (χ4n) is 2.71. The zero-order valence-corrected chi connectivity index (χ0v) is 10.5. The SMILES string of the molecule is Cc1ccc2c(c1)CC(CNCC1CCC1)O2. The van der Waals surface area contributed by atoms with Crippen molar-refractivity contribution in [3.63, 3.8) is 0 Å². The van der Waals surface area contributed by atoms with E-state index in [4.69, 9.17) is 4.74 Å². The van der Waals surface area contributed by atoms with Crippen LogP contribution in [0.15, 0.2) is 18.2 Å². The molecule has 0 amide bonds. The minimum absolute atomic E-state index is 0.340. The van der Waals surface area contributed by atoms with E-state index < -0.39 is 0 Å². The molecule has 0 aromatic heterocycles. The Balaban J connectivity index is 1.48. The van der Waals surface area contributed by atoms with Crippen molar-refractivity contribution >= 4 is 0 Å². The number of nitrogens with one attached hydrogen (secondary N) is 1. The van der Waals surface area contributed by atoms with E-state index >= 15 is 0 Å². The minimum Gasteiger partial charge on any atom is -0.488 e. The summed E-state index contributed by atoms with van der Waals surface area (Å²) in [5.74, 6) is 2.02. The van der Waals surface area contributed by atoms with Crippen LogP contribution >= 0.6 is 0 Å². The van der Waals surface area contributed by atoms with Gasteiger partial charge in [0.1, 0.15) is 11.9 Å². The predicted octanol–water partition coefficient (Wildman–Crippen LogP) is 2.69. The van der Waals surface area contributed by atoms with Crippen LogP contribution in [-0.2, 0) is 6.42 Å². The largest absolute Gasteiger partial charge is 0.488 e. The summed E-state index contributed by atoms with van der Waals surface area (Å²) in [7, 11) is 0. The summed E-state index contributed by atoms with van der Waals surface area (Å²) in [4.78, 5) is 0. The van der Waals surface area contributed by atoms with Crippen molar-refractivity contribution in [3.05, 3.63) is 29.3 Å². The minimum atomic E-state index is 0.340. The van der Waals surface area contributed by atoms with Gasteiger partial charge in [-0.05, 0) is 43.9 Å². The Labute approximate surface area is 103 Å². The van der Waals surface area contributed by atoms with Crippen LogP contribution in [0, 0.1) is 12.8 Å². The smallest absolute Gasteiger partial charge is 0.123 e. The van der Waals surface area contributed by atoms with Crippen LogP contribution in [0.25, 0.3) is 0 Å². The first kappa shape index (κ1) is 11.1. The Kier molecular flexibility index (Phi) is 3.06. The standard InChI is InChI=1S/C15H21NO/c1-11-5-6-15-13(7-11)8-14(17-15)10-16-9-12-3-2-4-12/h5-7,12,14,16H,2-4,8-10H2,1H3. The molecule has 3 rings (SSSR count). The van der Waals surface area contributed by atoms with Crippen LogP contribution in [0.5, 0.6) is 5.75 Å². The molecule has 1 fully saturated rings. The Morgan fingerprint density at radius 3 is 2.94 bits per heavy atom. The van der Waals surface area contributed by atoms with E-state index in [1.807, 2.05) is 0 Å². The highest BCUT2D eigenvalue weighted by Gasteiger charge is 2.23. The van der Waals surface area contributed by atoms with Crippen molar-refractivity contribution < 1.29 is 4.74 Å². The number of ether oxygens (including phenoxy) is 1. The Bertz CT molecular complexity index is 398. The monoisotopic (exact) mass is 231 g/mol. The molecule has 17 heavy (non-hydrogen) atoms. The van der Waals surface area contributed by atoms with E-state index in [2.05, 4.69) is 30.4 Å². The van der Waals surface area contributed by atoms with Gasteiger partial charge in [-0.1, -0.05) is 24.1 Å². The zero-order valence-electron chi connectivity index (χ0n) is 10.5. The third-order valence-electron chi connectivity index (χ3n) is 3.99. The molecule has 1 heterocycles. The molecule has 1 unspecified atom stereocenters. The van der Waals surface area contributed by atoms with Gasteiger partial charge in [0.2, 0.25) is 0 Å². The van der Waals surface area contributed by atoms with Gasteiger partial charge in [-0.3, -0.25) is 0 Å². The van der Waals surface area contributed by atoms with E-state index in [1.54, 1.807) is 0 Å². The van der Waals surface area contributed by atoms with Crippen molar-refractivity contribution in [2.75, 3.05) is 13.1 Å². The average Bonchev–Trinajstić information content (AvgIpc) is 2.63. The third kappa shape index (κ3) is 2.47. The summed E-state index contributed by atoms with van der Waals surface area (Å²) in [5, 5.41) is 3.55. The van der Waals surface area contributed by atoms with Crippen LogP contribution in [0.2, 0.25) is 0 Å². The second-order valence-electron chi connectivity index (χ2n) is 5.51. The molecular formula is C15H21NO. The lowest BCUT2D eigenvalue weighted by molar-refractivity contribution is 0.216. The predicted molar refractivity (Wildman–Crippen MR) is 69.5 cm³/mol. The molecule has 2 aliphatic rings. The molecule has 0 bridgehead atoms. The zero-order chi connectivity index (χ0) is 11.7. The first-order valence-corrected chi connectivity index (χ1v) is 6.78. The summed E-state index contributed by atoms with van der Waals surface area (Å²) in [6.45, 7) is 4.31. The van der Waals surface area contributed by atoms with Gasteiger partial charge in [0.15, 0.2) is 0 Å².